The summed E-state index contributed by atoms with van der Waals surface area (Å²) in [5.41, 5.74) is 3.96. The lowest BCUT2D eigenvalue weighted by atomic mass is 9.64. The molecule has 2 unspecified atom stereocenters. The third-order valence-electron chi connectivity index (χ3n) is 8.04. The van der Waals surface area contributed by atoms with Gasteiger partial charge in [0.1, 0.15) is 0 Å². The Morgan fingerprint density at radius 1 is 1.20 bits per heavy atom. The highest BCUT2D eigenvalue weighted by atomic mass is 32.2. The van der Waals surface area contributed by atoms with E-state index in [1.807, 2.05) is 11.8 Å². The van der Waals surface area contributed by atoms with E-state index in [2.05, 4.69) is 45.9 Å². The third kappa shape index (κ3) is 5.26. The van der Waals surface area contributed by atoms with Gasteiger partial charge in [-0.3, -0.25) is 0 Å². The summed E-state index contributed by atoms with van der Waals surface area (Å²) in [6, 6.07) is 0. The van der Waals surface area contributed by atoms with Crippen molar-refractivity contribution in [3.8, 4) is 0 Å². The van der Waals surface area contributed by atoms with Crippen LogP contribution in [0, 0.1) is 11.3 Å². The van der Waals surface area contributed by atoms with Gasteiger partial charge in [-0.05, 0) is 76.0 Å². The average Bonchev–Trinajstić information content (AvgIpc) is 3.07. The Labute approximate surface area is 187 Å². The first-order chi connectivity index (χ1) is 14.2. The molecule has 3 aliphatic carbocycles. The number of hydrogen-bond donors (Lipinski definition) is 3. The van der Waals surface area contributed by atoms with Crippen molar-refractivity contribution in [3.63, 3.8) is 0 Å². The van der Waals surface area contributed by atoms with Crippen LogP contribution in [-0.4, -0.2) is 44.1 Å². The zero-order valence-electron chi connectivity index (χ0n) is 19.4. The van der Waals surface area contributed by atoms with Crippen LogP contribution in [0.5, 0.6) is 0 Å². The molecule has 3 rings (SSSR count). The van der Waals surface area contributed by atoms with Crippen LogP contribution >= 0.6 is 11.8 Å². The monoisotopic (exact) mass is 434 g/mol. The van der Waals surface area contributed by atoms with Crippen LogP contribution in [0.3, 0.4) is 0 Å². The maximum Gasteiger partial charge on any atom is 0.0732 e. The van der Waals surface area contributed by atoms with Crippen LogP contribution < -0.4 is 0 Å². The molecule has 0 amide bonds. The number of aliphatic hydroxyl groups excluding tert-OH is 2. The number of hydrogen-bond acceptors (Lipinski definition) is 4. The van der Waals surface area contributed by atoms with Crippen molar-refractivity contribution < 1.29 is 15.3 Å². The molecule has 2 fully saturated rings. The maximum atomic E-state index is 10.7. The van der Waals surface area contributed by atoms with Crippen molar-refractivity contribution in [1.29, 1.82) is 0 Å². The summed E-state index contributed by atoms with van der Waals surface area (Å²) in [6.45, 7) is 8.93. The van der Waals surface area contributed by atoms with E-state index in [0.717, 1.165) is 31.4 Å². The van der Waals surface area contributed by atoms with Crippen LogP contribution in [0.4, 0.5) is 0 Å². The van der Waals surface area contributed by atoms with Gasteiger partial charge in [0.25, 0.3) is 0 Å². The first-order valence-electron chi connectivity index (χ1n) is 12.0. The molecule has 3 N–H and O–H groups in total. The lowest BCUT2D eigenvalue weighted by Crippen LogP contribution is -2.35. The number of allylic oxidation sites excluding steroid dienone is 4. The first kappa shape index (κ1) is 24.1. The molecule has 0 heterocycles. The molecule has 3 nitrogen and oxygen atoms in total. The van der Waals surface area contributed by atoms with Crippen LogP contribution in [0.15, 0.2) is 34.9 Å². The predicted octanol–water partition coefficient (Wildman–Crippen LogP) is 5.55. The van der Waals surface area contributed by atoms with Crippen molar-refractivity contribution in [1.82, 2.24) is 0 Å². The van der Waals surface area contributed by atoms with E-state index in [1.165, 1.54) is 24.0 Å². The quantitative estimate of drug-likeness (QED) is 0.460. The normalized spacial score (nSPS) is 34.6. The predicted molar refractivity (Wildman–Crippen MR) is 128 cm³/mol. The van der Waals surface area contributed by atoms with E-state index in [4.69, 9.17) is 0 Å². The highest BCUT2D eigenvalue weighted by Gasteiger charge is 2.46. The Bertz CT molecular complexity index is 678. The molecule has 2 saturated carbocycles. The molecule has 0 aromatic carbocycles. The van der Waals surface area contributed by atoms with Gasteiger partial charge in [-0.25, -0.2) is 0 Å². The van der Waals surface area contributed by atoms with E-state index in [1.54, 1.807) is 5.57 Å². The third-order valence-corrected chi connectivity index (χ3v) is 9.50. The van der Waals surface area contributed by atoms with Crippen molar-refractivity contribution >= 4 is 11.8 Å². The van der Waals surface area contributed by atoms with Gasteiger partial charge in [0.2, 0.25) is 0 Å². The Morgan fingerprint density at radius 2 is 1.87 bits per heavy atom. The zero-order chi connectivity index (χ0) is 21.9. The van der Waals surface area contributed by atoms with E-state index in [9.17, 15) is 15.3 Å². The number of aliphatic hydroxyl groups is 3. The molecule has 0 aromatic rings. The summed E-state index contributed by atoms with van der Waals surface area (Å²) in [6.07, 6.45) is 14.4. The van der Waals surface area contributed by atoms with E-state index < -0.39 is 17.8 Å². The maximum absolute atomic E-state index is 10.7. The van der Waals surface area contributed by atoms with Gasteiger partial charge < -0.3 is 15.3 Å². The zero-order valence-corrected chi connectivity index (χ0v) is 20.2. The van der Waals surface area contributed by atoms with Crippen LogP contribution in [0.2, 0.25) is 0 Å². The van der Waals surface area contributed by atoms with Crippen molar-refractivity contribution in [2.75, 3.05) is 5.75 Å². The summed E-state index contributed by atoms with van der Waals surface area (Å²) in [4.78, 5) is 0. The Hall–Kier alpha value is -0.550. The highest BCUT2D eigenvalue weighted by Crippen LogP contribution is 2.56. The fourth-order valence-corrected chi connectivity index (χ4v) is 7.35. The smallest absolute Gasteiger partial charge is 0.0732 e. The van der Waals surface area contributed by atoms with Gasteiger partial charge in [0, 0.05) is 11.0 Å². The lowest BCUT2D eigenvalue weighted by Gasteiger charge is -2.42. The Balaban J connectivity index is 1.70. The molecule has 30 heavy (non-hydrogen) atoms. The number of fused-ring (bicyclic) bond motifs is 1. The molecule has 3 aliphatic rings. The molecule has 170 valence electrons. The molecule has 0 radical (unpaired) electrons. The Morgan fingerprint density at radius 3 is 2.50 bits per heavy atom. The van der Waals surface area contributed by atoms with Gasteiger partial charge >= 0.3 is 0 Å². The van der Waals surface area contributed by atoms with Gasteiger partial charge in [-0.1, -0.05) is 55.7 Å². The largest absolute Gasteiger partial charge is 0.393 e. The summed E-state index contributed by atoms with van der Waals surface area (Å²) in [5, 5.41) is 31.1. The summed E-state index contributed by atoms with van der Waals surface area (Å²) in [7, 11) is 0. The number of thioether (sulfide) groups is 1. The second-order valence-electron chi connectivity index (χ2n) is 10.1. The fourth-order valence-electron chi connectivity index (χ4n) is 5.84. The topological polar surface area (TPSA) is 60.7 Å². The van der Waals surface area contributed by atoms with Gasteiger partial charge in [0.15, 0.2) is 0 Å². The van der Waals surface area contributed by atoms with E-state index in [-0.39, 0.29) is 5.41 Å². The minimum Gasteiger partial charge on any atom is -0.393 e. The summed E-state index contributed by atoms with van der Waals surface area (Å²) >= 11 is 1.92. The molecule has 5 atom stereocenters. The van der Waals surface area contributed by atoms with Crippen molar-refractivity contribution in [2.24, 2.45) is 11.3 Å². The molecule has 0 spiro atoms. The number of rotatable bonds is 7. The molecule has 0 aliphatic heterocycles. The van der Waals surface area contributed by atoms with Crippen LogP contribution in [0.1, 0.15) is 85.5 Å². The fraction of sp³-hybridized carbons (Fsp3) is 0.769. The molecular formula is C26H42O3S. The molecule has 0 bridgehead atoms. The van der Waals surface area contributed by atoms with E-state index >= 15 is 0 Å². The molecular weight excluding hydrogens is 392 g/mol. The minimum atomic E-state index is -0.544. The van der Waals surface area contributed by atoms with Crippen LogP contribution in [-0.2, 0) is 0 Å². The van der Waals surface area contributed by atoms with Crippen LogP contribution in [0.25, 0.3) is 0 Å². The standard InChI is InChI=1S/C26H42O3S/c1-5-26(29,6-2)17-30-18(3)23-11-12-24-20(8-7-13-25(23,24)4)10-9-19-14-21(27)16-22(28)15-19/h9-11,18,21-22,24,27-29H,5-8,12-17H2,1-4H3/b20-10+/t18-,21+,22+,24?,25?/m0/s1. The average molecular weight is 435 g/mol. The minimum absolute atomic E-state index is 0.219. The Kier molecular flexibility index (Phi) is 7.98. The summed E-state index contributed by atoms with van der Waals surface area (Å²) in [5.74, 6) is 1.37. The van der Waals surface area contributed by atoms with Crippen molar-refractivity contribution in [3.05, 3.63) is 34.9 Å². The first-order valence-corrected chi connectivity index (χ1v) is 13.0. The molecule has 0 aromatic heterocycles. The van der Waals surface area contributed by atoms with Crippen molar-refractivity contribution in [2.45, 2.75) is 109 Å². The SMILES string of the molecule is CCC(O)(CC)CS[C@@H](C)C1=CCC2/C(=C/C=C3C[C@@H](O)C[C@H](O)C3)CCCC12C. The second kappa shape index (κ2) is 9.94. The summed E-state index contributed by atoms with van der Waals surface area (Å²) < 4.78 is 0. The molecule has 4 heteroatoms. The lowest BCUT2D eigenvalue weighted by molar-refractivity contribution is 0.0570. The van der Waals surface area contributed by atoms with E-state index in [0.29, 0.717) is 30.4 Å². The highest BCUT2D eigenvalue weighted by molar-refractivity contribution is 8.00. The van der Waals surface area contributed by atoms with Gasteiger partial charge in [-0.15, -0.1) is 0 Å². The molecule has 0 saturated heterocycles. The second-order valence-corrected chi connectivity index (χ2v) is 11.5. The van der Waals surface area contributed by atoms with Gasteiger partial charge in [0.05, 0.1) is 17.8 Å². The van der Waals surface area contributed by atoms with Gasteiger partial charge in [-0.2, -0.15) is 11.8 Å².